The maximum absolute atomic E-state index is 12.0. The molecule has 0 spiro atoms. The fourth-order valence-corrected chi connectivity index (χ4v) is 4.15. The van der Waals surface area contributed by atoms with E-state index in [1.54, 1.807) is 0 Å². The van der Waals surface area contributed by atoms with E-state index in [1.807, 2.05) is 12.2 Å². The molecular formula is C39H57F3OS2. The van der Waals surface area contributed by atoms with Crippen molar-refractivity contribution in [2.75, 3.05) is 17.3 Å². The SMILES string of the molecule is CC/C=C\C/C=C\C/C=C\C/C=C\CC/C=C/CS.CC/C=C\C/C=C\C/C=C\C/C=C\CC/C=C/CSCC(=O)C(F)(F)F. The van der Waals surface area contributed by atoms with Gasteiger partial charge in [0.15, 0.2) is 0 Å². The number of Topliss-reactive ketones (excluding diaryl/α,β-unsaturated/α-hetero) is 1. The van der Waals surface area contributed by atoms with Crippen molar-refractivity contribution >= 4 is 30.2 Å². The van der Waals surface area contributed by atoms with Gasteiger partial charge in [0.05, 0.1) is 5.75 Å². The highest BCUT2D eigenvalue weighted by atomic mass is 32.2. The summed E-state index contributed by atoms with van der Waals surface area (Å²) < 4.78 is 35.9. The zero-order valence-electron chi connectivity index (χ0n) is 27.6. The summed E-state index contributed by atoms with van der Waals surface area (Å²) in [6, 6.07) is 0. The lowest BCUT2D eigenvalue weighted by Gasteiger charge is -2.02. The lowest BCUT2D eigenvalue weighted by molar-refractivity contribution is -0.167. The number of rotatable bonds is 25. The van der Waals surface area contributed by atoms with E-state index in [-0.39, 0.29) is 0 Å². The quantitative estimate of drug-likeness (QED) is 0.0595. The van der Waals surface area contributed by atoms with E-state index in [0.29, 0.717) is 5.75 Å². The summed E-state index contributed by atoms with van der Waals surface area (Å²) in [6.45, 7) is 4.28. The van der Waals surface area contributed by atoms with Gasteiger partial charge >= 0.3 is 6.18 Å². The molecule has 0 aromatic carbocycles. The van der Waals surface area contributed by atoms with Crippen LogP contribution in [-0.4, -0.2) is 29.2 Å². The van der Waals surface area contributed by atoms with Crippen molar-refractivity contribution in [1.82, 2.24) is 0 Å². The number of ketones is 1. The molecule has 0 fully saturated rings. The second-order valence-electron chi connectivity index (χ2n) is 9.72. The molecular weight excluding hydrogens is 606 g/mol. The second-order valence-corrected chi connectivity index (χ2v) is 11.1. The molecule has 0 saturated carbocycles. The summed E-state index contributed by atoms with van der Waals surface area (Å²) in [4.78, 5) is 10.6. The molecule has 0 heterocycles. The molecule has 0 aromatic heterocycles. The summed E-state index contributed by atoms with van der Waals surface area (Å²) in [6.07, 6.45) is 50.4. The summed E-state index contributed by atoms with van der Waals surface area (Å²) >= 11 is 5.10. The Hall–Kier alpha value is -2.44. The van der Waals surface area contributed by atoms with E-state index in [9.17, 15) is 18.0 Å². The highest BCUT2D eigenvalue weighted by Gasteiger charge is 2.37. The topological polar surface area (TPSA) is 17.1 Å². The lowest BCUT2D eigenvalue weighted by Crippen LogP contribution is -2.24. The minimum atomic E-state index is -4.71. The number of hydrogen-bond donors (Lipinski definition) is 1. The predicted molar refractivity (Wildman–Crippen MR) is 200 cm³/mol. The average molecular weight is 663 g/mol. The number of alkyl halides is 3. The first-order valence-electron chi connectivity index (χ1n) is 16.2. The van der Waals surface area contributed by atoms with Crippen LogP contribution in [0.5, 0.6) is 0 Å². The number of allylic oxidation sites excluding steroid dienone is 18. The zero-order valence-corrected chi connectivity index (χ0v) is 29.3. The van der Waals surface area contributed by atoms with Gasteiger partial charge in [0.25, 0.3) is 0 Å². The lowest BCUT2D eigenvalue weighted by atomic mass is 10.2. The Morgan fingerprint density at radius 2 is 0.822 bits per heavy atom. The van der Waals surface area contributed by atoms with Crippen LogP contribution in [-0.2, 0) is 4.79 Å². The minimum absolute atomic E-state index is 0.427. The van der Waals surface area contributed by atoms with Gasteiger partial charge in [-0.3, -0.25) is 4.79 Å². The van der Waals surface area contributed by atoms with Crippen LogP contribution in [0.3, 0.4) is 0 Å². The van der Waals surface area contributed by atoms with Crippen LogP contribution in [0.1, 0.15) is 90.9 Å². The zero-order chi connectivity index (χ0) is 33.5. The highest BCUT2D eigenvalue weighted by molar-refractivity contribution is 8.00. The van der Waals surface area contributed by atoms with Crippen LogP contribution in [0.2, 0.25) is 0 Å². The Labute approximate surface area is 283 Å². The number of halogens is 3. The van der Waals surface area contributed by atoms with Crippen LogP contribution in [0.4, 0.5) is 13.2 Å². The van der Waals surface area contributed by atoms with Crippen molar-refractivity contribution < 1.29 is 18.0 Å². The molecule has 0 aliphatic rings. The standard InChI is InChI=1S/C21H29F3OS.C18H28S/c1-2-3-4-5-6-7-8-9-10-11-12-13-14-15-16-17-18-26-19-20(25)21(22,23)24;1-2-3-4-5-6-7-8-9-10-11-12-13-14-15-16-17-18-19/h3-4,6-7,9-10,12-13,16-17H,2,5,8,11,14-15,18-19H2,1H3;3-4,6-7,9-10,12-13,16-17,19H,2,5,8,11,14-15,18H2,1H3/b2*4-3-,7-6-,10-9-,13-12-,17-16+. The van der Waals surface area contributed by atoms with Crippen molar-refractivity contribution in [3.05, 3.63) is 122 Å². The van der Waals surface area contributed by atoms with E-state index in [1.165, 1.54) is 0 Å². The molecule has 1 nitrogen and oxygen atoms in total. The third-order valence-electron chi connectivity index (χ3n) is 5.64. The third-order valence-corrected chi connectivity index (χ3v) is 6.75. The molecule has 0 saturated heterocycles. The Kier molecular flexibility index (Phi) is 37.5. The first-order chi connectivity index (χ1) is 21.9. The highest BCUT2D eigenvalue weighted by Crippen LogP contribution is 2.18. The van der Waals surface area contributed by atoms with Gasteiger partial charge < -0.3 is 0 Å². The molecule has 0 rings (SSSR count). The van der Waals surface area contributed by atoms with E-state index >= 15 is 0 Å². The third kappa shape index (κ3) is 41.6. The van der Waals surface area contributed by atoms with Gasteiger partial charge in [-0.25, -0.2) is 0 Å². The molecule has 45 heavy (non-hydrogen) atoms. The van der Waals surface area contributed by atoms with Gasteiger partial charge in [0.1, 0.15) is 0 Å². The van der Waals surface area contributed by atoms with Gasteiger partial charge in [-0.05, 0) is 77.0 Å². The molecule has 0 radical (unpaired) electrons. The Morgan fingerprint density at radius 3 is 1.16 bits per heavy atom. The smallest absolute Gasteiger partial charge is 0.289 e. The van der Waals surface area contributed by atoms with Crippen molar-refractivity contribution in [3.63, 3.8) is 0 Å². The van der Waals surface area contributed by atoms with Gasteiger partial charge in [0.2, 0.25) is 5.78 Å². The summed E-state index contributed by atoms with van der Waals surface area (Å²) in [5, 5.41) is 0. The fourth-order valence-electron chi connectivity index (χ4n) is 3.26. The maximum Gasteiger partial charge on any atom is 0.450 e. The Morgan fingerprint density at radius 1 is 0.511 bits per heavy atom. The maximum atomic E-state index is 12.0. The number of thiol groups is 1. The fraction of sp³-hybridized carbons (Fsp3) is 0.462. The number of hydrogen-bond acceptors (Lipinski definition) is 3. The number of thioether (sulfide) groups is 1. The van der Waals surface area contributed by atoms with Gasteiger partial charge in [-0.1, -0.05) is 135 Å². The molecule has 252 valence electrons. The van der Waals surface area contributed by atoms with Gasteiger partial charge in [0, 0.05) is 11.5 Å². The molecule has 0 unspecified atom stereocenters. The van der Waals surface area contributed by atoms with Crippen molar-refractivity contribution in [2.45, 2.75) is 97.1 Å². The largest absolute Gasteiger partial charge is 0.450 e. The van der Waals surface area contributed by atoms with Crippen LogP contribution in [0.15, 0.2) is 122 Å². The molecule has 6 heteroatoms. The van der Waals surface area contributed by atoms with E-state index in [2.05, 4.69) is 136 Å². The monoisotopic (exact) mass is 662 g/mol. The van der Waals surface area contributed by atoms with Crippen LogP contribution >= 0.6 is 24.4 Å². The average Bonchev–Trinajstić information content (AvgIpc) is 3.02. The van der Waals surface area contributed by atoms with Crippen LogP contribution in [0, 0.1) is 0 Å². The molecule has 0 N–H and O–H groups in total. The molecule has 0 aliphatic carbocycles. The van der Waals surface area contributed by atoms with E-state index in [0.717, 1.165) is 94.6 Å². The van der Waals surface area contributed by atoms with Gasteiger partial charge in [-0.15, -0.1) is 11.8 Å². The molecule has 0 atom stereocenters. The number of unbranched alkanes of at least 4 members (excludes halogenated alkanes) is 2. The molecule has 0 aliphatic heterocycles. The number of carbonyl (C=O) groups is 1. The van der Waals surface area contributed by atoms with Crippen LogP contribution in [0.25, 0.3) is 0 Å². The first-order valence-corrected chi connectivity index (χ1v) is 18.0. The van der Waals surface area contributed by atoms with Crippen molar-refractivity contribution in [3.8, 4) is 0 Å². The van der Waals surface area contributed by atoms with Crippen LogP contribution < -0.4 is 0 Å². The second kappa shape index (κ2) is 37.7. The first kappa shape index (κ1) is 44.7. The van der Waals surface area contributed by atoms with Crippen molar-refractivity contribution in [1.29, 1.82) is 0 Å². The van der Waals surface area contributed by atoms with E-state index in [4.69, 9.17) is 0 Å². The Balaban J connectivity index is 0. The molecule has 0 aromatic rings. The Bertz CT molecular complexity index is 961. The molecule has 0 amide bonds. The minimum Gasteiger partial charge on any atom is -0.289 e. The number of carbonyl (C=O) groups excluding carboxylic acids is 1. The summed E-state index contributed by atoms with van der Waals surface area (Å²) in [5.74, 6) is -0.912. The van der Waals surface area contributed by atoms with Crippen molar-refractivity contribution in [2.24, 2.45) is 0 Å². The molecule has 0 bridgehead atoms. The normalized spacial score (nSPS) is 13.3. The summed E-state index contributed by atoms with van der Waals surface area (Å²) in [5.41, 5.74) is 0. The summed E-state index contributed by atoms with van der Waals surface area (Å²) in [7, 11) is 0. The van der Waals surface area contributed by atoms with E-state index < -0.39 is 17.7 Å². The predicted octanol–water partition coefficient (Wildman–Crippen LogP) is 13.1. The van der Waals surface area contributed by atoms with Gasteiger partial charge in [-0.2, -0.15) is 25.8 Å².